The van der Waals surface area contributed by atoms with E-state index in [9.17, 15) is 37.2 Å². The van der Waals surface area contributed by atoms with Gasteiger partial charge in [0.25, 0.3) is 15.7 Å². The maximum absolute atomic E-state index is 12.7. The van der Waals surface area contributed by atoms with Crippen molar-refractivity contribution in [2.45, 2.75) is 11.5 Å². The van der Waals surface area contributed by atoms with Crippen molar-refractivity contribution < 1.29 is 36.8 Å². The van der Waals surface area contributed by atoms with E-state index in [0.717, 1.165) is 18.2 Å². The van der Waals surface area contributed by atoms with Crippen molar-refractivity contribution in [3.8, 4) is 5.75 Å². The first-order chi connectivity index (χ1) is 16.6. The molecule has 3 aromatic carbocycles. The Morgan fingerprint density at radius 2 is 1.77 bits per heavy atom. The fourth-order valence-corrected chi connectivity index (χ4v) is 3.90. The minimum absolute atomic E-state index is 0.0582. The molecule has 0 saturated heterocycles. The number of nitrogens with one attached hydrogen (secondary N) is 2. The number of carbonyl (C=O) groups is 1. The minimum atomic E-state index is -4.37. The van der Waals surface area contributed by atoms with Gasteiger partial charge >= 0.3 is 12.6 Å². The number of nitro groups is 1. The summed E-state index contributed by atoms with van der Waals surface area (Å²) in [4.78, 5) is 21.5. The topological polar surface area (TPSA) is 160 Å². The molecule has 0 amide bonds. The number of alkyl halides is 2. The number of anilines is 2. The van der Waals surface area contributed by atoms with Crippen molar-refractivity contribution >= 4 is 39.3 Å². The second-order valence-electron chi connectivity index (χ2n) is 6.71. The Morgan fingerprint density at radius 3 is 2.40 bits per heavy atom. The zero-order valence-electron chi connectivity index (χ0n) is 17.5. The molecule has 0 aromatic heterocycles. The first-order valence-electron chi connectivity index (χ1n) is 9.54. The van der Waals surface area contributed by atoms with Crippen molar-refractivity contribution in [2.75, 3.05) is 10.1 Å². The number of hydrogen-bond donors (Lipinski definition) is 3. The van der Waals surface area contributed by atoms with Crippen LogP contribution in [0.15, 0.2) is 76.7 Å². The van der Waals surface area contributed by atoms with E-state index in [0.29, 0.717) is 5.56 Å². The van der Waals surface area contributed by atoms with Gasteiger partial charge in [0, 0.05) is 6.07 Å². The van der Waals surface area contributed by atoms with Crippen molar-refractivity contribution in [1.29, 1.82) is 0 Å². The third-order valence-corrected chi connectivity index (χ3v) is 5.75. The molecule has 3 N–H and O–H groups in total. The van der Waals surface area contributed by atoms with Crippen LogP contribution in [0.25, 0.3) is 0 Å². The minimum Gasteiger partial charge on any atom is -0.478 e. The summed E-state index contributed by atoms with van der Waals surface area (Å²) < 4.78 is 56.2. The predicted octanol–water partition coefficient (Wildman–Crippen LogP) is 4.14. The van der Waals surface area contributed by atoms with Gasteiger partial charge in [-0.15, -0.1) is 0 Å². The molecule has 182 valence electrons. The number of carboxylic acid groups (broad SMARTS) is 1. The van der Waals surface area contributed by atoms with Crippen LogP contribution in [0, 0.1) is 10.1 Å². The largest absolute Gasteiger partial charge is 0.478 e. The molecule has 0 aliphatic carbocycles. The van der Waals surface area contributed by atoms with Crippen molar-refractivity contribution in [3.05, 3.63) is 88.0 Å². The van der Waals surface area contributed by atoms with Crippen molar-refractivity contribution in [1.82, 2.24) is 0 Å². The number of sulfonamides is 1. The molecule has 0 atom stereocenters. The van der Waals surface area contributed by atoms with Crippen LogP contribution in [-0.2, 0) is 10.0 Å². The third-order valence-electron chi connectivity index (χ3n) is 4.38. The van der Waals surface area contributed by atoms with Crippen LogP contribution in [0.4, 0.5) is 25.8 Å². The number of nitro benzene ring substituents is 1. The number of halogens is 2. The number of carboxylic acids is 1. The highest BCUT2D eigenvalue weighted by Gasteiger charge is 2.23. The number of rotatable bonds is 10. The molecule has 0 bridgehead atoms. The lowest BCUT2D eigenvalue weighted by atomic mass is 10.2. The van der Waals surface area contributed by atoms with E-state index in [1.54, 1.807) is 0 Å². The quantitative estimate of drug-likeness (QED) is 0.210. The van der Waals surface area contributed by atoms with Crippen LogP contribution in [0.3, 0.4) is 0 Å². The molecule has 0 fully saturated rings. The van der Waals surface area contributed by atoms with Gasteiger partial charge in [0.2, 0.25) is 0 Å². The molecule has 0 aliphatic heterocycles. The Bertz CT molecular complexity index is 1380. The molecule has 0 aliphatic rings. The van der Waals surface area contributed by atoms with E-state index in [1.807, 2.05) is 0 Å². The Kier molecular flexibility index (Phi) is 7.56. The molecular formula is C21H16F2N4O7S. The lowest BCUT2D eigenvalue weighted by Gasteiger charge is -2.11. The SMILES string of the molecule is O=C(O)c1ccccc1NS(=O)(=O)c1ccc(NN=Cc2ccc(OC(F)F)cc2)c([N+](=O)[O-])c1. The molecular weight excluding hydrogens is 490 g/mol. The predicted molar refractivity (Wildman–Crippen MR) is 122 cm³/mol. The monoisotopic (exact) mass is 506 g/mol. The van der Waals surface area contributed by atoms with Crippen LogP contribution in [-0.4, -0.2) is 37.2 Å². The number of benzene rings is 3. The van der Waals surface area contributed by atoms with Crippen LogP contribution >= 0.6 is 0 Å². The summed E-state index contributed by atoms with van der Waals surface area (Å²) in [5, 5.41) is 24.6. The maximum atomic E-state index is 12.7. The molecule has 0 unspecified atom stereocenters. The number of aromatic carboxylic acids is 1. The molecule has 14 heteroatoms. The Hall–Kier alpha value is -4.59. The molecule has 0 heterocycles. The fourth-order valence-electron chi connectivity index (χ4n) is 2.80. The van der Waals surface area contributed by atoms with Gasteiger partial charge in [-0.25, -0.2) is 13.2 Å². The average molecular weight is 506 g/mol. The van der Waals surface area contributed by atoms with E-state index < -0.39 is 38.1 Å². The lowest BCUT2D eigenvalue weighted by Crippen LogP contribution is -2.16. The van der Waals surface area contributed by atoms with Gasteiger partial charge < -0.3 is 9.84 Å². The van der Waals surface area contributed by atoms with Crippen molar-refractivity contribution in [3.63, 3.8) is 0 Å². The summed E-state index contributed by atoms with van der Waals surface area (Å²) in [6.45, 7) is -2.97. The molecule has 3 aromatic rings. The first-order valence-corrected chi connectivity index (χ1v) is 11.0. The van der Waals surface area contributed by atoms with Gasteiger partial charge in [-0.3, -0.25) is 20.3 Å². The van der Waals surface area contributed by atoms with Gasteiger partial charge in [0.1, 0.15) is 11.4 Å². The standard InChI is InChI=1S/C21H16F2N4O7S/c22-21(23)34-14-7-5-13(6-8-14)12-24-25-18-10-9-15(11-19(18)27(30)31)35(32,33)26-17-4-2-1-3-16(17)20(28)29/h1-12,21,25-26H,(H,28,29). The zero-order chi connectivity index (χ0) is 25.6. The van der Waals surface area contributed by atoms with Crippen LogP contribution < -0.4 is 14.9 Å². The van der Waals surface area contributed by atoms with Crippen molar-refractivity contribution in [2.24, 2.45) is 5.10 Å². The fraction of sp³-hybridized carbons (Fsp3) is 0.0476. The van der Waals surface area contributed by atoms with E-state index >= 15 is 0 Å². The normalized spacial score (nSPS) is 11.4. The van der Waals surface area contributed by atoms with Crippen LogP contribution in [0.5, 0.6) is 5.75 Å². The van der Waals surface area contributed by atoms with E-state index in [-0.39, 0.29) is 22.7 Å². The first kappa shape index (κ1) is 25.0. The second-order valence-corrected chi connectivity index (χ2v) is 8.39. The van der Waals surface area contributed by atoms with E-state index in [2.05, 4.69) is 20.0 Å². The summed E-state index contributed by atoms with van der Waals surface area (Å²) in [5.74, 6) is -1.42. The van der Waals surface area contributed by atoms with Gasteiger partial charge in [-0.1, -0.05) is 12.1 Å². The van der Waals surface area contributed by atoms with E-state index in [4.69, 9.17) is 0 Å². The lowest BCUT2D eigenvalue weighted by molar-refractivity contribution is -0.384. The number of nitrogens with zero attached hydrogens (tertiary/aromatic N) is 2. The average Bonchev–Trinajstić information content (AvgIpc) is 2.79. The number of hydrogen-bond acceptors (Lipinski definition) is 8. The summed E-state index contributed by atoms with van der Waals surface area (Å²) in [7, 11) is -4.37. The Labute approximate surface area is 196 Å². The number of para-hydroxylation sites is 1. The Balaban J connectivity index is 1.80. The summed E-state index contributed by atoms with van der Waals surface area (Å²) in [5.41, 5.74) is 1.63. The molecule has 3 rings (SSSR count). The number of ether oxygens (including phenoxy) is 1. The summed E-state index contributed by atoms with van der Waals surface area (Å²) in [6.07, 6.45) is 1.25. The van der Waals surface area contributed by atoms with Crippen LogP contribution in [0.1, 0.15) is 15.9 Å². The van der Waals surface area contributed by atoms with Gasteiger partial charge in [-0.05, 0) is 54.1 Å². The smallest absolute Gasteiger partial charge is 0.387 e. The van der Waals surface area contributed by atoms with E-state index in [1.165, 1.54) is 54.7 Å². The second kappa shape index (κ2) is 10.6. The third kappa shape index (κ3) is 6.48. The zero-order valence-corrected chi connectivity index (χ0v) is 18.3. The maximum Gasteiger partial charge on any atom is 0.387 e. The Morgan fingerprint density at radius 1 is 1.09 bits per heavy atom. The molecule has 11 nitrogen and oxygen atoms in total. The summed E-state index contributed by atoms with van der Waals surface area (Å²) >= 11 is 0. The highest BCUT2D eigenvalue weighted by molar-refractivity contribution is 7.92. The summed E-state index contributed by atoms with van der Waals surface area (Å²) in [6, 6.07) is 13.7. The van der Waals surface area contributed by atoms with Gasteiger partial charge in [0.15, 0.2) is 0 Å². The van der Waals surface area contributed by atoms with Gasteiger partial charge in [-0.2, -0.15) is 13.9 Å². The molecule has 0 saturated carbocycles. The molecule has 0 radical (unpaired) electrons. The highest BCUT2D eigenvalue weighted by Crippen LogP contribution is 2.29. The molecule has 0 spiro atoms. The highest BCUT2D eigenvalue weighted by atomic mass is 32.2. The molecule has 35 heavy (non-hydrogen) atoms. The van der Waals surface area contributed by atoms with Gasteiger partial charge in [0.05, 0.1) is 27.3 Å². The van der Waals surface area contributed by atoms with Crippen LogP contribution in [0.2, 0.25) is 0 Å². The number of hydrazone groups is 1.